The number of nitrogens with one attached hydrogen (secondary N) is 1. The lowest BCUT2D eigenvalue weighted by atomic mass is 9.80. The van der Waals surface area contributed by atoms with Crippen molar-refractivity contribution in [3.05, 3.63) is 140 Å². The maximum absolute atomic E-state index is 12.1. The highest BCUT2D eigenvalue weighted by molar-refractivity contribution is 5.47. The van der Waals surface area contributed by atoms with Crippen molar-refractivity contribution >= 4 is 0 Å². The van der Waals surface area contributed by atoms with Crippen LogP contribution in [0.5, 0.6) is 0 Å². The minimum absolute atomic E-state index is 0.00903. The van der Waals surface area contributed by atoms with Gasteiger partial charge in [-0.15, -0.1) is 0 Å². The number of aliphatic hydroxyl groups excluding tert-OH is 1. The molecule has 0 bridgehead atoms. The molecule has 6 heteroatoms. The monoisotopic (exact) mass is 442 g/mol. The van der Waals surface area contributed by atoms with Gasteiger partial charge in [0.05, 0.1) is 19.3 Å². The Kier molecular flexibility index (Phi) is 6.68. The summed E-state index contributed by atoms with van der Waals surface area (Å²) in [5.74, 6) is 0. The van der Waals surface area contributed by atoms with E-state index in [0.717, 1.165) is 16.7 Å². The van der Waals surface area contributed by atoms with Gasteiger partial charge in [-0.2, -0.15) is 0 Å². The van der Waals surface area contributed by atoms with Crippen molar-refractivity contribution in [2.75, 3.05) is 6.61 Å². The van der Waals surface area contributed by atoms with Crippen LogP contribution in [-0.2, 0) is 16.9 Å². The summed E-state index contributed by atoms with van der Waals surface area (Å²) in [4.78, 5) is 26.1. The summed E-state index contributed by atoms with van der Waals surface area (Å²) in [5, 5.41) is 10.8. The van der Waals surface area contributed by atoms with Gasteiger partial charge < -0.3 is 9.84 Å². The van der Waals surface area contributed by atoms with Crippen LogP contribution in [0, 0.1) is 6.92 Å². The van der Waals surface area contributed by atoms with Gasteiger partial charge in [0.2, 0.25) is 0 Å². The van der Waals surface area contributed by atoms with Crippen molar-refractivity contribution < 1.29 is 9.84 Å². The maximum Gasteiger partial charge on any atom is 0.328 e. The summed E-state index contributed by atoms with van der Waals surface area (Å²) in [6, 6.07) is 29.6. The zero-order valence-corrected chi connectivity index (χ0v) is 18.3. The van der Waals surface area contributed by atoms with Gasteiger partial charge in [-0.05, 0) is 23.6 Å². The van der Waals surface area contributed by atoms with Crippen LogP contribution in [0.15, 0.2) is 107 Å². The van der Waals surface area contributed by atoms with Gasteiger partial charge >= 0.3 is 5.69 Å². The molecule has 0 aliphatic rings. The minimum Gasteiger partial charge on any atom is -0.389 e. The summed E-state index contributed by atoms with van der Waals surface area (Å²) in [7, 11) is 0. The van der Waals surface area contributed by atoms with Crippen LogP contribution in [-0.4, -0.2) is 27.4 Å². The fourth-order valence-electron chi connectivity index (χ4n) is 4.02. The molecule has 0 amide bonds. The summed E-state index contributed by atoms with van der Waals surface area (Å²) < 4.78 is 7.87. The average molecular weight is 443 g/mol. The van der Waals surface area contributed by atoms with E-state index in [2.05, 4.69) is 4.98 Å². The lowest BCUT2D eigenvalue weighted by Gasteiger charge is -2.36. The van der Waals surface area contributed by atoms with Crippen LogP contribution in [0.25, 0.3) is 0 Å². The number of aryl methyl sites for hydroxylation is 1. The average Bonchev–Trinajstić information content (AvgIpc) is 2.85. The number of H-pyrrole nitrogens is 1. The standard InChI is InChI=1S/C27H26N2O4/c1-20-17-29(26(32)28-25(20)31)18-24(30)19-33-27(21-11-5-2-6-12-21,22-13-7-3-8-14-22)23-15-9-4-10-16-23/h2-17,24,30H,18-19H2,1H3,(H,28,31,32)/t24-/m0/s1. The molecule has 33 heavy (non-hydrogen) atoms. The molecule has 0 radical (unpaired) electrons. The first kappa shape index (κ1) is 22.5. The van der Waals surface area contributed by atoms with Gasteiger partial charge in [0.1, 0.15) is 5.60 Å². The Morgan fingerprint density at radius 2 is 1.30 bits per heavy atom. The van der Waals surface area contributed by atoms with Crippen LogP contribution in [0.2, 0.25) is 0 Å². The van der Waals surface area contributed by atoms with Crippen molar-refractivity contribution in [3.8, 4) is 0 Å². The normalized spacial score (nSPS) is 12.4. The van der Waals surface area contributed by atoms with E-state index in [-0.39, 0.29) is 13.2 Å². The number of hydrogen-bond donors (Lipinski definition) is 2. The Hall–Kier alpha value is -3.74. The topological polar surface area (TPSA) is 84.3 Å². The second-order valence-corrected chi connectivity index (χ2v) is 7.97. The zero-order valence-electron chi connectivity index (χ0n) is 18.3. The fraction of sp³-hybridized carbons (Fsp3) is 0.185. The molecule has 6 nitrogen and oxygen atoms in total. The van der Waals surface area contributed by atoms with Gasteiger partial charge in [0.25, 0.3) is 5.56 Å². The lowest BCUT2D eigenvalue weighted by Crippen LogP contribution is -2.39. The van der Waals surface area contributed by atoms with E-state index in [9.17, 15) is 14.7 Å². The molecule has 0 saturated carbocycles. The van der Waals surface area contributed by atoms with Crippen LogP contribution in [0.3, 0.4) is 0 Å². The van der Waals surface area contributed by atoms with Crippen molar-refractivity contribution in [1.29, 1.82) is 0 Å². The van der Waals surface area contributed by atoms with E-state index in [1.54, 1.807) is 6.92 Å². The molecule has 0 fully saturated rings. The lowest BCUT2D eigenvalue weighted by molar-refractivity contribution is -0.0426. The Morgan fingerprint density at radius 3 is 1.76 bits per heavy atom. The Labute approximate surface area is 191 Å². The van der Waals surface area contributed by atoms with Crippen molar-refractivity contribution in [2.24, 2.45) is 0 Å². The summed E-state index contributed by atoms with van der Waals surface area (Å²) >= 11 is 0. The Bertz CT molecular complexity index is 1200. The Balaban J connectivity index is 1.72. The predicted octanol–water partition coefficient (Wildman–Crippen LogP) is 3.21. The highest BCUT2D eigenvalue weighted by Gasteiger charge is 2.38. The van der Waals surface area contributed by atoms with E-state index in [0.29, 0.717) is 5.56 Å². The number of aromatic nitrogens is 2. The third-order valence-electron chi connectivity index (χ3n) is 5.63. The van der Waals surface area contributed by atoms with E-state index >= 15 is 0 Å². The van der Waals surface area contributed by atoms with Gasteiger partial charge in [0, 0.05) is 11.8 Å². The molecular formula is C27H26N2O4. The third-order valence-corrected chi connectivity index (χ3v) is 5.63. The number of ether oxygens (including phenoxy) is 1. The number of aliphatic hydroxyl groups is 1. The van der Waals surface area contributed by atoms with Crippen molar-refractivity contribution in [1.82, 2.24) is 9.55 Å². The molecule has 3 aromatic carbocycles. The van der Waals surface area contributed by atoms with Crippen molar-refractivity contribution in [3.63, 3.8) is 0 Å². The second kappa shape index (κ2) is 9.81. The molecule has 2 N–H and O–H groups in total. The largest absolute Gasteiger partial charge is 0.389 e. The number of aromatic amines is 1. The maximum atomic E-state index is 12.1. The molecule has 0 aliphatic heterocycles. The highest BCUT2D eigenvalue weighted by Crippen LogP contribution is 2.40. The summed E-state index contributed by atoms with van der Waals surface area (Å²) in [5.41, 5.74) is 1.21. The van der Waals surface area contributed by atoms with Gasteiger partial charge in [-0.25, -0.2) is 4.79 Å². The molecule has 1 aromatic heterocycles. The molecule has 1 atom stereocenters. The fourth-order valence-corrected chi connectivity index (χ4v) is 4.02. The molecule has 4 rings (SSSR count). The summed E-state index contributed by atoms with van der Waals surface area (Å²) in [6.07, 6.45) is 0.465. The van der Waals surface area contributed by atoms with Gasteiger partial charge in [-0.3, -0.25) is 14.3 Å². The molecule has 0 unspecified atom stereocenters. The van der Waals surface area contributed by atoms with E-state index in [1.807, 2.05) is 91.0 Å². The minimum atomic E-state index is -0.983. The van der Waals surface area contributed by atoms with E-state index < -0.39 is 23.0 Å². The highest BCUT2D eigenvalue weighted by atomic mass is 16.5. The number of benzene rings is 3. The smallest absolute Gasteiger partial charge is 0.328 e. The van der Waals surface area contributed by atoms with Gasteiger partial charge in [-0.1, -0.05) is 91.0 Å². The number of rotatable bonds is 8. The number of hydrogen-bond acceptors (Lipinski definition) is 4. The quantitative estimate of drug-likeness (QED) is 0.411. The summed E-state index contributed by atoms with van der Waals surface area (Å²) in [6.45, 7) is 1.57. The molecule has 1 heterocycles. The first-order valence-corrected chi connectivity index (χ1v) is 10.8. The Morgan fingerprint density at radius 1 is 0.848 bits per heavy atom. The SMILES string of the molecule is Cc1cn(C[C@H](O)COC(c2ccccc2)(c2ccccc2)c2ccccc2)c(=O)[nH]c1=O. The molecule has 168 valence electrons. The van der Waals surface area contributed by atoms with Crippen molar-refractivity contribution in [2.45, 2.75) is 25.2 Å². The second-order valence-electron chi connectivity index (χ2n) is 7.97. The molecular weight excluding hydrogens is 416 g/mol. The molecule has 0 saturated heterocycles. The molecule has 4 aromatic rings. The van der Waals surface area contributed by atoms with Crippen LogP contribution in [0.1, 0.15) is 22.3 Å². The number of nitrogens with zero attached hydrogens (tertiary/aromatic N) is 1. The van der Waals surface area contributed by atoms with Crippen LogP contribution >= 0.6 is 0 Å². The van der Waals surface area contributed by atoms with Crippen LogP contribution < -0.4 is 11.2 Å². The van der Waals surface area contributed by atoms with E-state index in [1.165, 1.54) is 10.8 Å². The molecule has 0 aliphatic carbocycles. The van der Waals surface area contributed by atoms with Gasteiger partial charge in [0.15, 0.2) is 0 Å². The van der Waals surface area contributed by atoms with Crippen LogP contribution in [0.4, 0.5) is 0 Å². The van der Waals surface area contributed by atoms with E-state index in [4.69, 9.17) is 4.74 Å². The molecule has 0 spiro atoms. The first-order chi connectivity index (χ1) is 16.0. The third kappa shape index (κ3) is 4.72. The zero-order chi connectivity index (χ0) is 23.3. The predicted molar refractivity (Wildman–Crippen MR) is 127 cm³/mol. The first-order valence-electron chi connectivity index (χ1n) is 10.8.